The largest absolute Gasteiger partial charge is 0.462 e. The molecule has 1 aromatic heterocycles. The number of benzene rings is 1. The standard InChI is InChI=1S/C19H25N3O4/c1-6-25-17(23)15-12(2)21-22-16(15)14-9-7-8-13(10-14)11-20-18(24)26-19(3,4)5/h7-10H,6,11H2,1-5H3,(H,20,24)(H,21,22). The number of esters is 1. The van der Waals surface area contributed by atoms with Crippen LogP contribution in [0, 0.1) is 6.92 Å². The number of carbonyl (C=O) groups excluding carboxylic acids is 2. The number of aryl methyl sites for hydroxylation is 1. The molecule has 2 rings (SSSR count). The molecule has 1 heterocycles. The van der Waals surface area contributed by atoms with Crippen molar-refractivity contribution in [3.8, 4) is 11.3 Å². The monoisotopic (exact) mass is 359 g/mol. The first-order valence-corrected chi connectivity index (χ1v) is 8.49. The van der Waals surface area contributed by atoms with Gasteiger partial charge < -0.3 is 14.8 Å². The summed E-state index contributed by atoms with van der Waals surface area (Å²) < 4.78 is 10.3. The van der Waals surface area contributed by atoms with E-state index >= 15 is 0 Å². The van der Waals surface area contributed by atoms with E-state index in [0.29, 0.717) is 30.1 Å². The Labute approximate surface area is 153 Å². The first-order valence-electron chi connectivity index (χ1n) is 8.49. The number of aromatic amines is 1. The van der Waals surface area contributed by atoms with Crippen molar-refractivity contribution in [2.24, 2.45) is 0 Å². The Bertz CT molecular complexity index is 790. The average molecular weight is 359 g/mol. The molecule has 0 atom stereocenters. The molecule has 1 amide bonds. The Morgan fingerprint density at radius 3 is 2.65 bits per heavy atom. The Morgan fingerprint density at radius 1 is 1.27 bits per heavy atom. The van der Waals surface area contributed by atoms with E-state index in [2.05, 4.69) is 15.5 Å². The van der Waals surface area contributed by atoms with Gasteiger partial charge in [-0.05, 0) is 46.2 Å². The van der Waals surface area contributed by atoms with E-state index in [4.69, 9.17) is 9.47 Å². The molecule has 7 heteroatoms. The number of nitrogens with one attached hydrogen (secondary N) is 2. The van der Waals surface area contributed by atoms with Crippen molar-refractivity contribution in [3.63, 3.8) is 0 Å². The summed E-state index contributed by atoms with van der Waals surface area (Å²) >= 11 is 0. The topological polar surface area (TPSA) is 93.3 Å². The molecule has 0 fully saturated rings. The number of amides is 1. The predicted octanol–water partition coefficient (Wildman–Crippen LogP) is 3.59. The molecule has 1 aromatic carbocycles. The molecular formula is C19H25N3O4. The number of hydrogen-bond donors (Lipinski definition) is 2. The fourth-order valence-electron chi connectivity index (χ4n) is 2.41. The van der Waals surface area contributed by atoms with Gasteiger partial charge in [-0.3, -0.25) is 5.10 Å². The highest BCUT2D eigenvalue weighted by molar-refractivity contribution is 5.97. The summed E-state index contributed by atoms with van der Waals surface area (Å²) in [7, 11) is 0. The van der Waals surface area contributed by atoms with Crippen LogP contribution < -0.4 is 5.32 Å². The molecule has 2 aromatic rings. The van der Waals surface area contributed by atoms with E-state index in [-0.39, 0.29) is 0 Å². The van der Waals surface area contributed by atoms with Crippen LogP contribution in [0.5, 0.6) is 0 Å². The van der Waals surface area contributed by atoms with E-state index in [9.17, 15) is 9.59 Å². The minimum absolute atomic E-state index is 0.294. The van der Waals surface area contributed by atoms with E-state index in [1.54, 1.807) is 13.8 Å². The minimum atomic E-state index is -0.549. The summed E-state index contributed by atoms with van der Waals surface area (Å²) in [6.45, 7) is 9.56. The number of H-pyrrole nitrogens is 1. The lowest BCUT2D eigenvalue weighted by Crippen LogP contribution is -2.32. The Kier molecular flexibility index (Phi) is 6.02. The van der Waals surface area contributed by atoms with Gasteiger partial charge in [0.05, 0.1) is 6.61 Å². The van der Waals surface area contributed by atoms with Gasteiger partial charge in [0.25, 0.3) is 0 Å². The third kappa shape index (κ3) is 5.08. The van der Waals surface area contributed by atoms with Gasteiger partial charge in [0.1, 0.15) is 16.9 Å². The quantitative estimate of drug-likeness (QED) is 0.796. The van der Waals surface area contributed by atoms with Gasteiger partial charge in [0.15, 0.2) is 0 Å². The highest BCUT2D eigenvalue weighted by atomic mass is 16.6. The lowest BCUT2D eigenvalue weighted by Gasteiger charge is -2.19. The van der Waals surface area contributed by atoms with Crippen molar-refractivity contribution in [1.82, 2.24) is 15.5 Å². The Hall–Kier alpha value is -2.83. The van der Waals surface area contributed by atoms with E-state index in [1.807, 2.05) is 45.0 Å². The number of rotatable bonds is 5. The highest BCUT2D eigenvalue weighted by Crippen LogP contribution is 2.25. The van der Waals surface area contributed by atoms with E-state index in [0.717, 1.165) is 11.1 Å². The molecule has 2 N–H and O–H groups in total. The molecule has 0 spiro atoms. The summed E-state index contributed by atoms with van der Waals surface area (Å²) in [4.78, 5) is 24.0. The molecule has 0 bridgehead atoms. The first-order chi connectivity index (χ1) is 12.2. The minimum Gasteiger partial charge on any atom is -0.462 e. The molecule has 0 unspecified atom stereocenters. The molecule has 0 aliphatic rings. The van der Waals surface area contributed by atoms with Crippen molar-refractivity contribution in [2.45, 2.75) is 46.8 Å². The number of nitrogens with zero attached hydrogens (tertiary/aromatic N) is 1. The van der Waals surface area contributed by atoms with Crippen molar-refractivity contribution >= 4 is 12.1 Å². The molecule has 140 valence electrons. The zero-order valence-corrected chi connectivity index (χ0v) is 15.8. The van der Waals surface area contributed by atoms with Crippen molar-refractivity contribution in [2.75, 3.05) is 6.61 Å². The number of carbonyl (C=O) groups is 2. The van der Waals surface area contributed by atoms with Crippen LogP contribution in [-0.4, -0.2) is 34.5 Å². The van der Waals surface area contributed by atoms with Crippen LogP contribution in [0.1, 0.15) is 49.3 Å². The van der Waals surface area contributed by atoms with E-state index < -0.39 is 17.7 Å². The van der Waals surface area contributed by atoms with Gasteiger partial charge in [-0.25, -0.2) is 9.59 Å². The molecule has 7 nitrogen and oxygen atoms in total. The second-order valence-electron chi connectivity index (χ2n) is 6.85. The molecule has 0 saturated carbocycles. The summed E-state index contributed by atoms with van der Waals surface area (Å²) in [5.41, 5.74) is 2.68. The number of hydrogen-bond acceptors (Lipinski definition) is 5. The average Bonchev–Trinajstić information content (AvgIpc) is 2.94. The van der Waals surface area contributed by atoms with Crippen molar-refractivity contribution in [3.05, 3.63) is 41.1 Å². The summed E-state index contributed by atoms with van der Waals surface area (Å²) in [6, 6.07) is 7.45. The third-order valence-corrected chi connectivity index (χ3v) is 3.46. The van der Waals surface area contributed by atoms with Crippen LogP contribution in [-0.2, 0) is 16.0 Å². The number of aromatic nitrogens is 2. The molecule has 0 radical (unpaired) electrons. The molecular weight excluding hydrogens is 334 g/mol. The first kappa shape index (κ1) is 19.5. The van der Waals surface area contributed by atoms with Gasteiger partial charge in [-0.15, -0.1) is 0 Å². The maximum absolute atomic E-state index is 12.2. The molecule has 0 aliphatic carbocycles. The summed E-state index contributed by atoms with van der Waals surface area (Å²) in [6.07, 6.45) is -0.481. The highest BCUT2D eigenvalue weighted by Gasteiger charge is 2.21. The maximum Gasteiger partial charge on any atom is 0.407 e. The second-order valence-corrected chi connectivity index (χ2v) is 6.85. The maximum atomic E-state index is 12.2. The lowest BCUT2D eigenvalue weighted by molar-refractivity contribution is 0.0514. The van der Waals surface area contributed by atoms with Gasteiger partial charge in [0.2, 0.25) is 0 Å². The fourth-order valence-corrected chi connectivity index (χ4v) is 2.41. The summed E-state index contributed by atoms with van der Waals surface area (Å²) in [5, 5.41) is 9.78. The summed E-state index contributed by atoms with van der Waals surface area (Å²) in [5.74, 6) is -0.411. The fraction of sp³-hybridized carbons (Fsp3) is 0.421. The van der Waals surface area contributed by atoms with Gasteiger partial charge in [0, 0.05) is 17.8 Å². The van der Waals surface area contributed by atoms with E-state index in [1.165, 1.54) is 0 Å². The van der Waals surface area contributed by atoms with Crippen LogP contribution >= 0.6 is 0 Å². The zero-order chi connectivity index (χ0) is 19.3. The van der Waals surface area contributed by atoms with Crippen LogP contribution in [0.2, 0.25) is 0 Å². The van der Waals surface area contributed by atoms with Crippen molar-refractivity contribution in [1.29, 1.82) is 0 Å². The normalized spacial score (nSPS) is 11.1. The Balaban J connectivity index is 2.17. The van der Waals surface area contributed by atoms with Crippen LogP contribution in [0.25, 0.3) is 11.3 Å². The molecule has 0 aliphatic heterocycles. The third-order valence-electron chi connectivity index (χ3n) is 3.46. The Morgan fingerprint density at radius 2 is 2.00 bits per heavy atom. The zero-order valence-electron chi connectivity index (χ0n) is 15.8. The predicted molar refractivity (Wildman–Crippen MR) is 97.8 cm³/mol. The number of ether oxygens (including phenoxy) is 2. The van der Waals surface area contributed by atoms with Gasteiger partial charge >= 0.3 is 12.1 Å². The SMILES string of the molecule is CCOC(=O)c1c(-c2cccc(CNC(=O)OC(C)(C)C)c2)n[nH]c1C. The van der Waals surface area contributed by atoms with Crippen LogP contribution in [0.3, 0.4) is 0 Å². The van der Waals surface area contributed by atoms with Crippen LogP contribution in [0.15, 0.2) is 24.3 Å². The molecule has 0 saturated heterocycles. The van der Waals surface area contributed by atoms with Crippen LogP contribution in [0.4, 0.5) is 4.79 Å². The van der Waals surface area contributed by atoms with Crippen molar-refractivity contribution < 1.29 is 19.1 Å². The van der Waals surface area contributed by atoms with Gasteiger partial charge in [-0.1, -0.05) is 18.2 Å². The van der Waals surface area contributed by atoms with Gasteiger partial charge in [-0.2, -0.15) is 5.10 Å². The molecule has 26 heavy (non-hydrogen) atoms. The second kappa shape index (κ2) is 8.03. The smallest absolute Gasteiger partial charge is 0.407 e. The number of alkyl carbamates (subject to hydrolysis) is 1. The lowest BCUT2D eigenvalue weighted by atomic mass is 10.0.